The SMILES string of the molecule is Cc1nc(CNC(=O)c2ccc(F)c(C)c2)cs1. The Kier molecular flexibility index (Phi) is 3.72. The summed E-state index contributed by atoms with van der Waals surface area (Å²) in [5.41, 5.74) is 1.76. The van der Waals surface area contributed by atoms with Gasteiger partial charge in [-0.1, -0.05) is 0 Å². The molecular weight excluding hydrogens is 251 g/mol. The van der Waals surface area contributed by atoms with E-state index in [1.54, 1.807) is 18.3 Å². The summed E-state index contributed by atoms with van der Waals surface area (Å²) >= 11 is 1.54. The number of carbonyl (C=O) groups is 1. The second-order valence-electron chi connectivity index (χ2n) is 4.00. The maximum absolute atomic E-state index is 13.1. The number of hydrogen-bond donors (Lipinski definition) is 1. The number of nitrogens with zero attached hydrogens (tertiary/aromatic N) is 1. The molecule has 2 aromatic rings. The Labute approximate surface area is 109 Å². The molecule has 0 aliphatic rings. The molecule has 2 rings (SSSR count). The van der Waals surface area contributed by atoms with Crippen LogP contribution in [0, 0.1) is 19.7 Å². The molecule has 5 heteroatoms. The van der Waals surface area contributed by atoms with Crippen molar-refractivity contribution in [3.05, 3.63) is 51.2 Å². The molecule has 0 fully saturated rings. The maximum atomic E-state index is 13.1. The van der Waals surface area contributed by atoms with Crippen LogP contribution in [0.4, 0.5) is 4.39 Å². The molecule has 0 saturated carbocycles. The molecule has 18 heavy (non-hydrogen) atoms. The first-order valence-electron chi connectivity index (χ1n) is 5.51. The minimum absolute atomic E-state index is 0.219. The highest BCUT2D eigenvalue weighted by atomic mass is 32.1. The van der Waals surface area contributed by atoms with E-state index in [4.69, 9.17) is 0 Å². The van der Waals surface area contributed by atoms with Crippen molar-refractivity contribution in [3.8, 4) is 0 Å². The van der Waals surface area contributed by atoms with Gasteiger partial charge in [-0.3, -0.25) is 4.79 Å². The lowest BCUT2D eigenvalue weighted by molar-refractivity contribution is 0.0950. The molecular formula is C13H13FN2OS. The van der Waals surface area contributed by atoms with Gasteiger partial charge in [0.05, 0.1) is 17.2 Å². The molecule has 3 nitrogen and oxygen atoms in total. The molecule has 0 spiro atoms. The first kappa shape index (κ1) is 12.7. The van der Waals surface area contributed by atoms with Crippen molar-refractivity contribution in [2.75, 3.05) is 0 Å². The van der Waals surface area contributed by atoms with Gasteiger partial charge in [0.1, 0.15) is 5.82 Å². The summed E-state index contributed by atoms with van der Waals surface area (Å²) in [5, 5.41) is 5.64. The van der Waals surface area contributed by atoms with E-state index in [0.717, 1.165) is 10.7 Å². The van der Waals surface area contributed by atoms with Crippen molar-refractivity contribution in [1.29, 1.82) is 0 Å². The number of amides is 1. The molecule has 0 saturated heterocycles. The molecule has 0 bridgehead atoms. The van der Waals surface area contributed by atoms with Gasteiger partial charge < -0.3 is 5.32 Å². The molecule has 0 aliphatic heterocycles. The van der Waals surface area contributed by atoms with Crippen LogP contribution in [0.15, 0.2) is 23.6 Å². The van der Waals surface area contributed by atoms with Gasteiger partial charge in [-0.15, -0.1) is 11.3 Å². The van der Waals surface area contributed by atoms with Gasteiger partial charge in [0.2, 0.25) is 0 Å². The maximum Gasteiger partial charge on any atom is 0.251 e. The lowest BCUT2D eigenvalue weighted by Crippen LogP contribution is -2.23. The summed E-state index contributed by atoms with van der Waals surface area (Å²) in [7, 11) is 0. The van der Waals surface area contributed by atoms with Crippen LogP contribution < -0.4 is 5.32 Å². The highest BCUT2D eigenvalue weighted by molar-refractivity contribution is 7.09. The first-order valence-corrected chi connectivity index (χ1v) is 6.39. The van der Waals surface area contributed by atoms with Gasteiger partial charge in [-0.25, -0.2) is 9.37 Å². The molecule has 1 aromatic heterocycles. The number of thiazole rings is 1. The van der Waals surface area contributed by atoms with E-state index in [0.29, 0.717) is 17.7 Å². The number of hydrogen-bond acceptors (Lipinski definition) is 3. The Bertz CT molecular complexity index is 580. The Morgan fingerprint density at radius 3 is 2.83 bits per heavy atom. The largest absolute Gasteiger partial charge is 0.346 e. The van der Waals surface area contributed by atoms with E-state index >= 15 is 0 Å². The summed E-state index contributed by atoms with van der Waals surface area (Å²) in [4.78, 5) is 16.1. The van der Waals surface area contributed by atoms with Crippen molar-refractivity contribution >= 4 is 17.2 Å². The number of aryl methyl sites for hydroxylation is 2. The normalized spacial score (nSPS) is 10.4. The topological polar surface area (TPSA) is 42.0 Å². The van der Waals surface area contributed by atoms with E-state index in [9.17, 15) is 9.18 Å². The quantitative estimate of drug-likeness (QED) is 0.926. The number of aromatic nitrogens is 1. The third-order valence-electron chi connectivity index (χ3n) is 2.52. The fourth-order valence-electron chi connectivity index (χ4n) is 1.55. The van der Waals surface area contributed by atoms with E-state index < -0.39 is 0 Å². The standard InChI is InChI=1S/C13H13FN2OS/c1-8-5-10(3-4-12(8)14)13(17)15-6-11-7-18-9(2)16-11/h3-5,7H,6H2,1-2H3,(H,15,17). The van der Waals surface area contributed by atoms with Crippen molar-refractivity contribution in [1.82, 2.24) is 10.3 Å². The average molecular weight is 264 g/mol. The zero-order valence-corrected chi connectivity index (χ0v) is 11.0. The molecule has 1 aromatic carbocycles. The number of rotatable bonds is 3. The van der Waals surface area contributed by atoms with Gasteiger partial charge in [0, 0.05) is 10.9 Å². The summed E-state index contributed by atoms with van der Waals surface area (Å²) < 4.78 is 13.1. The fraction of sp³-hybridized carbons (Fsp3) is 0.231. The second kappa shape index (κ2) is 5.27. The molecule has 1 heterocycles. The van der Waals surface area contributed by atoms with Crippen LogP contribution in [-0.2, 0) is 6.54 Å². The lowest BCUT2D eigenvalue weighted by atomic mass is 10.1. The first-order chi connectivity index (χ1) is 8.56. The minimum Gasteiger partial charge on any atom is -0.346 e. The zero-order valence-electron chi connectivity index (χ0n) is 10.2. The van der Waals surface area contributed by atoms with Gasteiger partial charge >= 0.3 is 0 Å². The molecule has 0 radical (unpaired) electrons. The van der Waals surface area contributed by atoms with Crippen LogP contribution in [0.1, 0.15) is 26.6 Å². The highest BCUT2D eigenvalue weighted by Gasteiger charge is 2.08. The van der Waals surface area contributed by atoms with Crippen LogP contribution >= 0.6 is 11.3 Å². The Morgan fingerprint density at radius 1 is 1.44 bits per heavy atom. The second-order valence-corrected chi connectivity index (χ2v) is 5.07. The molecule has 1 amide bonds. The average Bonchev–Trinajstić information content (AvgIpc) is 2.75. The summed E-state index contributed by atoms with van der Waals surface area (Å²) in [5.74, 6) is -0.523. The van der Waals surface area contributed by atoms with E-state index in [-0.39, 0.29) is 11.7 Å². The van der Waals surface area contributed by atoms with Gasteiger partial charge in [0.25, 0.3) is 5.91 Å². The summed E-state index contributed by atoms with van der Waals surface area (Å²) in [6, 6.07) is 4.32. The molecule has 1 N–H and O–H groups in total. The Balaban J connectivity index is 2.01. The van der Waals surface area contributed by atoms with Gasteiger partial charge in [0.15, 0.2) is 0 Å². The van der Waals surface area contributed by atoms with Crippen LogP contribution in [0.25, 0.3) is 0 Å². The van der Waals surface area contributed by atoms with Gasteiger partial charge in [-0.2, -0.15) is 0 Å². The number of nitrogens with one attached hydrogen (secondary N) is 1. The van der Waals surface area contributed by atoms with E-state index in [1.165, 1.54) is 18.2 Å². The fourth-order valence-corrected chi connectivity index (χ4v) is 2.16. The lowest BCUT2D eigenvalue weighted by Gasteiger charge is -2.04. The van der Waals surface area contributed by atoms with E-state index in [1.807, 2.05) is 12.3 Å². The molecule has 0 atom stereocenters. The summed E-state index contributed by atoms with van der Waals surface area (Å²) in [6.45, 7) is 3.94. The van der Waals surface area contributed by atoms with Crippen molar-refractivity contribution in [2.45, 2.75) is 20.4 Å². The van der Waals surface area contributed by atoms with Crippen molar-refractivity contribution in [3.63, 3.8) is 0 Å². The monoisotopic (exact) mass is 264 g/mol. The van der Waals surface area contributed by atoms with Crippen LogP contribution in [0.3, 0.4) is 0 Å². The Morgan fingerprint density at radius 2 is 2.22 bits per heavy atom. The predicted octanol–water partition coefficient (Wildman–Crippen LogP) is 2.83. The number of carbonyl (C=O) groups excluding carboxylic acids is 1. The van der Waals surface area contributed by atoms with Crippen LogP contribution in [0.5, 0.6) is 0 Å². The minimum atomic E-state index is -0.304. The third kappa shape index (κ3) is 2.92. The van der Waals surface area contributed by atoms with Crippen LogP contribution in [0.2, 0.25) is 0 Å². The molecule has 0 unspecified atom stereocenters. The third-order valence-corrected chi connectivity index (χ3v) is 3.34. The molecule has 0 aliphatic carbocycles. The van der Waals surface area contributed by atoms with Gasteiger partial charge in [-0.05, 0) is 37.6 Å². The predicted molar refractivity (Wildman–Crippen MR) is 69.2 cm³/mol. The summed E-state index contributed by atoms with van der Waals surface area (Å²) in [6.07, 6.45) is 0. The van der Waals surface area contributed by atoms with Crippen molar-refractivity contribution < 1.29 is 9.18 Å². The van der Waals surface area contributed by atoms with Crippen LogP contribution in [-0.4, -0.2) is 10.9 Å². The highest BCUT2D eigenvalue weighted by Crippen LogP contribution is 2.10. The molecule has 94 valence electrons. The van der Waals surface area contributed by atoms with E-state index in [2.05, 4.69) is 10.3 Å². The number of halogens is 1. The smallest absolute Gasteiger partial charge is 0.251 e. The zero-order chi connectivity index (χ0) is 13.1. The Hall–Kier alpha value is -1.75. The number of benzene rings is 1. The van der Waals surface area contributed by atoms with Crippen molar-refractivity contribution in [2.24, 2.45) is 0 Å².